The number of hydrogen-bond donors (Lipinski definition) is 1. The molecule has 1 aromatic rings. The number of fused-ring (bicyclic) bond motifs is 2. The molecule has 4 rings (SSSR count). The topological polar surface area (TPSA) is 46.0 Å². The number of aliphatic hydroxyl groups excluding tert-OH is 1. The maximum atomic E-state index is 9.38. The predicted octanol–water partition coefficient (Wildman–Crippen LogP) is 2.75. The first-order valence-corrected chi connectivity index (χ1v) is 7.31. The summed E-state index contributed by atoms with van der Waals surface area (Å²) in [5, 5.41) is 9.38. The average Bonchev–Trinajstić information content (AvgIpc) is 3.05. The lowest BCUT2D eigenvalue weighted by molar-refractivity contribution is 0.279. The van der Waals surface area contributed by atoms with Crippen molar-refractivity contribution in [1.29, 1.82) is 0 Å². The van der Waals surface area contributed by atoms with E-state index in [9.17, 15) is 5.11 Å². The minimum absolute atomic E-state index is 0.0861. The Morgan fingerprint density at radius 1 is 1.17 bits per heavy atom. The van der Waals surface area contributed by atoms with E-state index < -0.39 is 0 Å². The second-order valence-corrected chi connectivity index (χ2v) is 6.35. The number of aromatic nitrogens is 2. The first kappa shape index (κ1) is 10.9. The summed E-state index contributed by atoms with van der Waals surface area (Å²) in [4.78, 5) is 9.39. The van der Waals surface area contributed by atoms with Crippen molar-refractivity contribution in [3.63, 3.8) is 0 Å². The molecule has 3 aliphatic carbocycles. The highest BCUT2D eigenvalue weighted by Crippen LogP contribution is 2.52. The van der Waals surface area contributed by atoms with Gasteiger partial charge in [0.25, 0.3) is 0 Å². The van der Waals surface area contributed by atoms with Crippen LogP contribution in [-0.2, 0) is 6.61 Å². The average molecular weight is 244 g/mol. The van der Waals surface area contributed by atoms with E-state index in [1.807, 2.05) is 6.20 Å². The summed E-state index contributed by atoms with van der Waals surface area (Å²) < 4.78 is 0. The van der Waals surface area contributed by atoms with Crippen LogP contribution in [0.15, 0.2) is 6.20 Å². The zero-order valence-corrected chi connectivity index (χ0v) is 10.7. The van der Waals surface area contributed by atoms with Crippen molar-refractivity contribution in [3.8, 4) is 0 Å². The third-order valence-corrected chi connectivity index (χ3v) is 5.12. The van der Waals surface area contributed by atoms with Crippen LogP contribution in [0.1, 0.15) is 67.4 Å². The molecule has 0 aliphatic heterocycles. The van der Waals surface area contributed by atoms with Crippen LogP contribution in [0, 0.1) is 11.8 Å². The molecular formula is C15H20N2O. The SMILES string of the molecule is OCc1cnc(C2CC3CCC2C3)nc1C1CC1. The van der Waals surface area contributed by atoms with Crippen molar-refractivity contribution in [2.75, 3.05) is 0 Å². The smallest absolute Gasteiger partial charge is 0.131 e. The van der Waals surface area contributed by atoms with Crippen molar-refractivity contribution in [1.82, 2.24) is 9.97 Å². The largest absolute Gasteiger partial charge is 0.392 e. The normalized spacial score (nSPS) is 34.2. The zero-order valence-electron chi connectivity index (χ0n) is 10.7. The Kier molecular flexibility index (Phi) is 2.44. The van der Waals surface area contributed by atoms with E-state index in [1.54, 1.807) is 0 Å². The van der Waals surface area contributed by atoms with Gasteiger partial charge in [-0.15, -0.1) is 0 Å². The molecule has 1 heterocycles. The van der Waals surface area contributed by atoms with Crippen LogP contribution >= 0.6 is 0 Å². The number of nitrogens with zero attached hydrogens (tertiary/aromatic N) is 2. The molecule has 3 aliphatic rings. The lowest BCUT2D eigenvalue weighted by atomic mass is 9.88. The lowest BCUT2D eigenvalue weighted by Gasteiger charge is -2.21. The fourth-order valence-electron chi connectivity index (χ4n) is 4.01. The molecule has 96 valence electrons. The van der Waals surface area contributed by atoms with Gasteiger partial charge in [0.15, 0.2) is 0 Å². The van der Waals surface area contributed by atoms with Gasteiger partial charge in [-0.05, 0) is 43.9 Å². The first-order valence-electron chi connectivity index (χ1n) is 7.31. The maximum absolute atomic E-state index is 9.38. The van der Waals surface area contributed by atoms with Gasteiger partial charge in [0.2, 0.25) is 0 Å². The van der Waals surface area contributed by atoms with E-state index in [-0.39, 0.29) is 6.61 Å². The summed E-state index contributed by atoms with van der Waals surface area (Å²) in [6.07, 6.45) is 9.84. The Labute approximate surface area is 108 Å². The lowest BCUT2D eigenvalue weighted by Crippen LogP contribution is -2.14. The molecule has 2 bridgehead atoms. The molecule has 1 aromatic heterocycles. The molecule has 3 atom stereocenters. The van der Waals surface area contributed by atoms with Crippen LogP contribution in [0.2, 0.25) is 0 Å². The molecule has 18 heavy (non-hydrogen) atoms. The highest BCUT2D eigenvalue weighted by atomic mass is 16.3. The standard InChI is InChI=1S/C15H20N2O/c18-8-12-7-16-15(17-14(12)10-3-4-10)13-6-9-1-2-11(13)5-9/h7,9-11,13,18H,1-6,8H2. The molecule has 0 spiro atoms. The van der Waals surface area contributed by atoms with Gasteiger partial charge in [-0.25, -0.2) is 9.97 Å². The van der Waals surface area contributed by atoms with E-state index in [4.69, 9.17) is 4.98 Å². The molecule has 3 fully saturated rings. The molecular weight excluding hydrogens is 224 g/mol. The van der Waals surface area contributed by atoms with Gasteiger partial charge in [-0.3, -0.25) is 0 Å². The predicted molar refractivity (Wildman–Crippen MR) is 68.1 cm³/mol. The summed E-state index contributed by atoms with van der Waals surface area (Å²) in [5.41, 5.74) is 2.09. The highest BCUT2D eigenvalue weighted by Gasteiger charge is 2.42. The highest BCUT2D eigenvalue weighted by molar-refractivity contribution is 5.26. The van der Waals surface area contributed by atoms with Gasteiger partial charge >= 0.3 is 0 Å². The third kappa shape index (κ3) is 1.68. The van der Waals surface area contributed by atoms with Crippen LogP contribution in [0.4, 0.5) is 0 Å². The molecule has 3 nitrogen and oxygen atoms in total. The minimum Gasteiger partial charge on any atom is -0.392 e. The van der Waals surface area contributed by atoms with Crippen molar-refractivity contribution in [2.45, 2.75) is 57.0 Å². The zero-order chi connectivity index (χ0) is 12.1. The van der Waals surface area contributed by atoms with Crippen LogP contribution in [-0.4, -0.2) is 15.1 Å². The molecule has 0 radical (unpaired) electrons. The fraction of sp³-hybridized carbons (Fsp3) is 0.733. The van der Waals surface area contributed by atoms with Crippen molar-refractivity contribution in [2.24, 2.45) is 11.8 Å². The van der Waals surface area contributed by atoms with Gasteiger partial charge in [0.05, 0.1) is 12.3 Å². The maximum Gasteiger partial charge on any atom is 0.131 e. The summed E-state index contributed by atoms with van der Waals surface area (Å²) in [6.45, 7) is 0.0861. The molecule has 0 saturated heterocycles. The molecule has 0 amide bonds. The first-order chi connectivity index (χ1) is 8.85. The van der Waals surface area contributed by atoms with E-state index in [0.717, 1.165) is 28.9 Å². The summed E-state index contributed by atoms with van der Waals surface area (Å²) in [7, 11) is 0. The van der Waals surface area contributed by atoms with Gasteiger partial charge in [0.1, 0.15) is 5.82 Å². The van der Waals surface area contributed by atoms with Crippen molar-refractivity contribution in [3.05, 3.63) is 23.3 Å². The number of aliphatic hydroxyl groups is 1. The van der Waals surface area contributed by atoms with Gasteiger partial charge in [-0.2, -0.15) is 0 Å². The Morgan fingerprint density at radius 3 is 2.67 bits per heavy atom. The molecule has 3 heteroatoms. The van der Waals surface area contributed by atoms with Gasteiger partial charge < -0.3 is 5.11 Å². The molecule has 1 N–H and O–H groups in total. The van der Waals surface area contributed by atoms with Crippen molar-refractivity contribution >= 4 is 0 Å². The number of hydrogen-bond acceptors (Lipinski definition) is 3. The van der Waals surface area contributed by atoms with Crippen LogP contribution in [0.25, 0.3) is 0 Å². The molecule has 0 aromatic carbocycles. The number of rotatable bonds is 3. The summed E-state index contributed by atoms with van der Waals surface area (Å²) in [5.74, 6) is 4.05. The third-order valence-electron chi connectivity index (χ3n) is 5.12. The van der Waals surface area contributed by atoms with Gasteiger partial charge in [0, 0.05) is 23.6 Å². The quantitative estimate of drug-likeness (QED) is 0.889. The van der Waals surface area contributed by atoms with E-state index in [2.05, 4.69) is 4.98 Å². The van der Waals surface area contributed by atoms with Crippen LogP contribution < -0.4 is 0 Å². The van der Waals surface area contributed by atoms with E-state index >= 15 is 0 Å². The molecule has 3 saturated carbocycles. The Bertz CT molecular complexity index is 470. The van der Waals surface area contributed by atoms with E-state index in [1.165, 1.54) is 38.5 Å². The summed E-state index contributed by atoms with van der Waals surface area (Å²) in [6, 6.07) is 0. The second kappa shape index (κ2) is 4.02. The Hall–Kier alpha value is -0.960. The van der Waals surface area contributed by atoms with Crippen molar-refractivity contribution < 1.29 is 5.11 Å². The van der Waals surface area contributed by atoms with Crippen LogP contribution in [0.3, 0.4) is 0 Å². The Balaban J connectivity index is 1.67. The fourth-order valence-corrected chi connectivity index (χ4v) is 4.01. The summed E-state index contributed by atoms with van der Waals surface area (Å²) >= 11 is 0. The molecule has 3 unspecified atom stereocenters. The van der Waals surface area contributed by atoms with E-state index in [0.29, 0.717) is 11.8 Å². The van der Waals surface area contributed by atoms with Gasteiger partial charge in [-0.1, -0.05) is 6.42 Å². The Morgan fingerprint density at radius 2 is 2.06 bits per heavy atom. The monoisotopic (exact) mass is 244 g/mol. The van der Waals surface area contributed by atoms with Crippen LogP contribution in [0.5, 0.6) is 0 Å². The second-order valence-electron chi connectivity index (χ2n) is 6.35. The minimum atomic E-state index is 0.0861.